The van der Waals surface area contributed by atoms with Crippen LogP contribution in [0.4, 0.5) is 34.1 Å². The molecule has 58 heavy (non-hydrogen) atoms. The second-order valence-electron chi connectivity index (χ2n) is 15.2. The van der Waals surface area contributed by atoms with E-state index >= 15 is 0 Å². The molecule has 4 nitrogen and oxygen atoms in total. The van der Waals surface area contributed by atoms with E-state index in [-0.39, 0.29) is 0 Å². The van der Waals surface area contributed by atoms with Gasteiger partial charge in [-0.05, 0) is 97.1 Å². The second kappa shape index (κ2) is 11.8. The van der Waals surface area contributed by atoms with E-state index in [1.54, 1.807) is 0 Å². The maximum Gasteiger partial charge on any atom is 0.0623 e. The van der Waals surface area contributed by atoms with Gasteiger partial charge in [0.05, 0.1) is 35.8 Å². The van der Waals surface area contributed by atoms with Gasteiger partial charge in [-0.2, -0.15) is 0 Å². The summed E-state index contributed by atoms with van der Waals surface area (Å²) in [5.41, 5.74) is 13.6. The largest absolute Gasteiger partial charge is 0.310 e. The standard InChI is InChI=1S/C54H34N4/c1-5-15-35(16-6-1)55(36-17-7-2-8-18-36)39-27-29-49-45(31-39)41-23-13-25-43-47-34-52-48(33-51(47)57(49)53(41)43)44-26-14-24-42-46-32-40(28-30-50(46)58(52)54(42)44)56(37-19-9-3-10-20-37)38-21-11-4-12-22-38/h1-34H/i1D,3D. The van der Waals surface area contributed by atoms with Crippen molar-refractivity contribution in [3.05, 3.63) is 206 Å². The van der Waals surface area contributed by atoms with Crippen molar-refractivity contribution < 1.29 is 2.74 Å². The molecule has 0 bridgehead atoms. The zero-order chi connectivity index (χ0) is 39.6. The van der Waals surface area contributed by atoms with E-state index in [4.69, 9.17) is 2.74 Å². The van der Waals surface area contributed by atoms with Crippen LogP contribution in [-0.4, -0.2) is 8.80 Å². The highest BCUT2D eigenvalue weighted by atomic mass is 15.1. The lowest BCUT2D eigenvalue weighted by Crippen LogP contribution is -2.09. The number of hydrogen-bond donors (Lipinski definition) is 0. The lowest BCUT2D eigenvalue weighted by molar-refractivity contribution is 1.28. The van der Waals surface area contributed by atoms with Crippen LogP contribution in [0.15, 0.2) is 206 Å². The molecule has 0 aliphatic heterocycles. The van der Waals surface area contributed by atoms with Crippen LogP contribution in [-0.2, 0) is 0 Å². The molecule has 13 rings (SSSR count). The number of nitrogens with zero attached hydrogens (tertiary/aromatic N) is 4. The van der Waals surface area contributed by atoms with Gasteiger partial charge in [0.2, 0.25) is 0 Å². The number of benzene rings is 9. The van der Waals surface area contributed by atoms with E-state index < -0.39 is 0 Å². The number of anilines is 6. The molecule has 0 radical (unpaired) electrons. The van der Waals surface area contributed by atoms with E-state index in [2.05, 4.69) is 152 Å². The lowest BCUT2D eigenvalue weighted by Gasteiger charge is -2.25. The van der Waals surface area contributed by atoms with Crippen LogP contribution >= 0.6 is 0 Å². The maximum atomic E-state index is 8.12. The van der Waals surface area contributed by atoms with Crippen LogP contribution in [0.25, 0.3) is 76.2 Å². The molecule has 4 heteroatoms. The van der Waals surface area contributed by atoms with Crippen molar-refractivity contribution in [1.82, 2.24) is 8.80 Å². The van der Waals surface area contributed by atoms with Gasteiger partial charge in [-0.25, -0.2) is 0 Å². The predicted molar refractivity (Wildman–Crippen MR) is 245 cm³/mol. The first kappa shape index (κ1) is 29.5. The average molecular weight is 741 g/mol. The summed E-state index contributed by atoms with van der Waals surface area (Å²) in [5.74, 6) is 0. The Hall–Kier alpha value is -7.82. The fourth-order valence-corrected chi connectivity index (χ4v) is 9.81. The van der Waals surface area contributed by atoms with Crippen molar-refractivity contribution in [3.8, 4) is 0 Å². The smallest absolute Gasteiger partial charge is 0.0623 e. The van der Waals surface area contributed by atoms with Gasteiger partial charge in [0.1, 0.15) is 0 Å². The Morgan fingerprint density at radius 3 is 1.00 bits per heavy atom. The third-order valence-corrected chi connectivity index (χ3v) is 12.2. The van der Waals surface area contributed by atoms with Crippen molar-refractivity contribution >= 4 is 110 Å². The summed E-state index contributed by atoms with van der Waals surface area (Å²) >= 11 is 0. The molecule has 9 aromatic carbocycles. The van der Waals surface area contributed by atoms with Crippen molar-refractivity contribution in [1.29, 1.82) is 0 Å². The summed E-state index contributed by atoms with van der Waals surface area (Å²) < 4.78 is 21.2. The lowest BCUT2D eigenvalue weighted by atomic mass is 10.0. The molecule has 0 N–H and O–H groups in total. The highest BCUT2D eigenvalue weighted by Gasteiger charge is 2.24. The van der Waals surface area contributed by atoms with Gasteiger partial charge in [0.15, 0.2) is 0 Å². The number of para-hydroxylation sites is 6. The van der Waals surface area contributed by atoms with Crippen LogP contribution in [0.1, 0.15) is 2.74 Å². The fraction of sp³-hybridized carbons (Fsp3) is 0. The summed E-state index contributed by atoms with van der Waals surface area (Å²) in [6.45, 7) is 0. The van der Waals surface area contributed by atoms with E-state index in [0.29, 0.717) is 12.1 Å². The van der Waals surface area contributed by atoms with E-state index in [9.17, 15) is 0 Å². The zero-order valence-corrected chi connectivity index (χ0v) is 31.3. The molecule has 13 aromatic rings. The third kappa shape index (κ3) is 4.29. The van der Waals surface area contributed by atoms with Gasteiger partial charge in [-0.3, -0.25) is 0 Å². The van der Waals surface area contributed by atoms with Crippen molar-refractivity contribution in [2.24, 2.45) is 0 Å². The van der Waals surface area contributed by atoms with Crippen LogP contribution in [0.3, 0.4) is 0 Å². The first-order chi connectivity index (χ1) is 29.6. The summed E-state index contributed by atoms with van der Waals surface area (Å²) in [5, 5.41) is 9.88. The van der Waals surface area contributed by atoms with E-state index in [1.165, 1.54) is 76.2 Å². The van der Waals surface area contributed by atoms with Gasteiger partial charge in [0.25, 0.3) is 0 Å². The minimum atomic E-state index is 0.496. The summed E-state index contributed by atoms with van der Waals surface area (Å²) in [6.07, 6.45) is 0. The fourth-order valence-electron chi connectivity index (χ4n) is 9.81. The minimum absolute atomic E-state index is 0.496. The molecule has 0 unspecified atom stereocenters. The molecule has 4 heterocycles. The molecule has 0 amide bonds. The Kier molecular flexibility index (Phi) is 6.02. The van der Waals surface area contributed by atoms with Gasteiger partial charge in [0, 0.05) is 77.2 Å². The molecule has 0 fully saturated rings. The molecule has 270 valence electrons. The number of hydrogen-bond acceptors (Lipinski definition) is 2. The summed E-state index contributed by atoms with van der Waals surface area (Å²) in [7, 11) is 0. The molecule has 0 spiro atoms. The first-order valence-corrected chi connectivity index (χ1v) is 19.8. The maximum absolute atomic E-state index is 8.12. The molecular formula is C54H34N4. The van der Waals surface area contributed by atoms with E-state index in [0.717, 1.165) is 34.1 Å². The Morgan fingerprint density at radius 1 is 0.276 bits per heavy atom. The predicted octanol–water partition coefficient (Wildman–Crippen LogP) is 14.9. The van der Waals surface area contributed by atoms with Crippen LogP contribution in [0, 0.1) is 0 Å². The molecule has 0 aliphatic carbocycles. The molecule has 0 aliphatic rings. The summed E-state index contributed by atoms with van der Waals surface area (Å²) in [4.78, 5) is 4.55. The summed E-state index contributed by atoms with van der Waals surface area (Å²) in [6, 6.07) is 69.4. The Balaban J connectivity index is 1.02. The van der Waals surface area contributed by atoms with Gasteiger partial charge >= 0.3 is 0 Å². The highest BCUT2D eigenvalue weighted by molar-refractivity contribution is 6.29. The van der Waals surface area contributed by atoms with Crippen molar-refractivity contribution in [2.45, 2.75) is 0 Å². The van der Waals surface area contributed by atoms with Crippen LogP contribution < -0.4 is 9.80 Å². The molecule has 0 saturated carbocycles. The van der Waals surface area contributed by atoms with Gasteiger partial charge in [-0.1, -0.05) is 109 Å². The normalized spacial score (nSPS) is 12.6. The molecular weight excluding hydrogens is 705 g/mol. The highest BCUT2D eigenvalue weighted by Crippen LogP contribution is 2.47. The van der Waals surface area contributed by atoms with Crippen LogP contribution in [0.5, 0.6) is 0 Å². The SMILES string of the molecule is [2H]c1ccc(N(c2ccccc2)c2ccc3c(c2)c2cccc4c5cc6c(cc5n3c24)c2cccc3c4cc(N(c5ccccc5)c5ccc([2H])cc5)ccc4n6c32)cc1. The molecule has 4 aromatic heterocycles. The monoisotopic (exact) mass is 740 g/mol. The minimum Gasteiger partial charge on any atom is -0.310 e. The van der Waals surface area contributed by atoms with Crippen LogP contribution in [0.2, 0.25) is 0 Å². The van der Waals surface area contributed by atoms with Crippen molar-refractivity contribution in [2.75, 3.05) is 9.80 Å². The zero-order valence-electron chi connectivity index (χ0n) is 33.3. The van der Waals surface area contributed by atoms with E-state index in [1.807, 2.05) is 60.7 Å². The number of rotatable bonds is 6. The van der Waals surface area contributed by atoms with Gasteiger partial charge < -0.3 is 18.6 Å². The average Bonchev–Trinajstić information content (AvgIpc) is 4.01. The quantitative estimate of drug-likeness (QED) is 0.169. The molecule has 0 atom stereocenters. The second-order valence-corrected chi connectivity index (χ2v) is 15.2. The Morgan fingerprint density at radius 2 is 0.621 bits per heavy atom. The Labute approximate surface area is 336 Å². The molecule has 0 saturated heterocycles. The van der Waals surface area contributed by atoms with Crippen molar-refractivity contribution in [3.63, 3.8) is 0 Å². The van der Waals surface area contributed by atoms with Gasteiger partial charge in [-0.15, -0.1) is 0 Å². The first-order valence-electron chi connectivity index (χ1n) is 20.8. The number of aromatic nitrogens is 2. The number of fused-ring (bicyclic) bond motifs is 12. The third-order valence-electron chi connectivity index (χ3n) is 12.2. The topological polar surface area (TPSA) is 15.3 Å². The Bertz CT molecular complexity index is 3530.